The van der Waals surface area contributed by atoms with Gasteiger partial charge in [0, 0.05) is 0 Å². The summed E-state index contributed by atoms with van der Waals surface area (Å²) in [5.74, 6) is 0. The number of carbonyl (C=O) groups is 1. The van der Waals surface area contributed by atoms with Gasteiger partial charge in [-0.15, -0.1) is 0 Å². The van der Waals surface area contributed by atoms with Crippen LogP contribution in [-0.4, -0.2) is 33.0 Å². The van der Waals surface area contributed by atoms with E-state index in [1.807, 2.05) is 0 Å². The van der Waals surface area contributed by atoms with Crippen LogP contribution in [0, 0.1) is 0 Å². The predicted octanol–water partition coefficient (Wildman–Crippen LogP) is 3.21. The summed E-state index contributed by atoms with van der Waals surface area (Å²) >= 11 is 6.20. The third-order valence-electron chi connectivity index (χ3n) is 2.38. The van der Waals surface area contributed by atoms with E-state index < -0.39 is 21.8 Å². The first kappa shape index (κ1) is 18.7. The molecule has 0 bridgehead atoms. The van der Waals surface area contributed by atoms with Crippen LogP contribution in [0.2, 0.25) is 5.02 Å². The second-order valence-electron chi connectivity index (χ2n) is 5.68. The number of benzene rings is 1. The Morgan fingerprint density at radius 2 is 1.95 bits per heavy atom. The van der Waals surface area contributed by atoms with Gasteiger partial charge in [0.1, 0.15) is 5.60 Å². The van der Waals surface area contributed by atoms with Crippen molar-refractivity contribution in [3.05, 3.63) is 28.8 Å². The summed E-state index contributed by atoms with van der Waals surface area (Å²) < 4.78 is 31.7. The molecular formula is C14H20ClNO5S. The Hall–Kier alpha value is -1.31. The average molecular weight is 350 g/mol. The van der Waals surface area contributed by atoms with Crippen LogP contribution in [0.15, 0.2) is 18.2 Å². The third-order valence-corrected chi connectivity index (χ3v) is 3.42. The first-order valence-electron chi connectivity index (χ1n) is 6.60. The van der Waals surface area contributed by atoms with Crippen molar-refractivity contribution in [3.63, 3.8) is 0 Å². The van der Waals surface area contributed by atoms with Crippen LogP contribution in [0.3, 0.4) is 0 Å². The number of anilines is 1. The topological polar surface area (TPSA) is 81.7 Å². The molecule has 1 N–H and O–H groups in total. The predicted molar refractivity (Wildman–Crippen MR) is 85.8 cm³/mol. The first-order chi connectivity index (χ1) is 9.98. The number of hydrogen-bond donors (Lipinski definition) is 1. The van der Waals surface area contributed by atoms with Gasteiger partial charge in [0.15, 0.2) is 0 Å². The van der Waals surface area contributed by atoms with E-state index in [1.165, 1.54) is 0 Å². The van der Waals surface area contributed by atoms with Crippen LogP contribution in [0.1, 0.15) is 26.3 Å². The summed E-state index contributed by atoms with van der Waals surface area (Å²) in [4.78, 5) is 11.7. The number of nitrogens with one attached hydrogen (secondary N) is 1. The van der Waals surface area contributed by atoms with Gasteiger partial charge in [-0.1, -0.05) is 23.7 Å². The Kier molecular flexibility index (Phi) is 6.22. The van der Waals surface area contributed by atoms with E-state index in [0.29, 0.717) is 22.7 Å². The Morgan fingerprint density at radius 1 is 1.32 bits per heavy atom. The third kappa shape index (κ3) is 7.11. The highest BCUT2D eigenvalue weighted by Gasteiger charge is 2.17. The molecule has 0 atom stereocenters. The minimum absolute atomic E-state index is 0.0194. The summed E-state index contributed by atoms with van der Waals surface area (Å²) in [5, 5.41) is 2.89. The van der Waals surface area contributed by atoms with E-state index in [4.69, 9.17) is 16.3 Å². The Bertz CT molecular complexity index is 637. The van der Waals surface area contributed by atoms with Crippen LogP contribution < -0.4 is 5.32 Å². The first-order valence-corrected chi connectivity index (χ1v) is 8.79. The lowest BCUT2D eigenvalue weighted by Crippen LogP contribution is -2.27. The molecule has 0 aliphatic carbocycles. The number of halogens is 1. The molecule has 0 spiro atoms. The number of ether oxygens (including phenoxy) is 1. The van der Waals surface area contributed by atoms with Gasteiger partial charge in [-0.25, -0.2) is 4.79 Å². The molecule has 0 aromatic heterocycles. The highest BCUT2D eigenvalue weighted by Crippen LogP contribution is 2.27. The largest absolute Gasteiger partial charge is 0.444 e. The highest BCUT2D eigenvalue weighted by molar-refractivity contribution is 7.85. The van der Waals surface area contributed by atoms with Gasteiger partial charge < -0.3 is 4.74 Å². The second kappa shape index (κ2) is 7.30. The van der Waals surface area contributed by atoms with Gasteiger partial charge in [0.2, 0.25) is 0 Å². The Morgan fingerprint density at radius 3 is 2.50 bits per heavy atom. The summed E-state index contributed by atoms with van der Waals surface area (Å²) in [6.07, 6.45) is 0.670. The summed E-state index contributed by atoms with van der Waals surface area (Å²) in [6.45, 7) is 5.25. The molecule has 6 nitrogen and oxygen atoms in total. The van der Waals surface area contributed by atoms with Crippen molar-refractivity contribution in [2.75, 3.05) is 18.2 Å². The molecule has 1 aromatic carbocycles. The van der Waals surface area contributed by atoms with Crippen molar-refractivity contribution in [2.24, 2.45) is 0 Å². The fraction of sp³-hybridized carbons (Fsp3) is 0.500. The van der Waals surface area contributed by atoms with E-state index in [2.05, 4.69) is 9.50 Å². The lowest BCUT2D eigenvalue weighted by molar-refractivity contribution is 0.0636. The van der Waals surface area contributed by atoms with Crippen LogP contribution in [0.5, 0.6) is 0 Å². The smallest absolute Gasteiger partial charge is 0.412 e. The van der Waals surface area contributed by atoms with Gasteiger partial charge >= 0.3 is 6.09 Å². The number of hydrogen-bond acceptors (Lipinski definition) is 5. The lowest BCUT2D eigenvalue weighted by Gasteiger charge is -2.20. The Balaban J connectivity index is 2.74. The van der Waals surface area contributed by atoms with Crippen LogP contribution in [-0.2, 0) is 25.5 Å². The molecule has 0 aliphatic rings. The van der Waals surface area contributed by atoms with Gasteiger partial charge in [-0.05, 0) is 38.8 Å². The van der Waals surface area contributed by atoms with Gasteiger partial charge in [0.25, 0.3) is 10.1 Å². The van der Waals surface area contributed by atoms with Crippen LogP contribution in [0.4, 0.5) is 10.5 Å². The molecule has 0 radical (unpaired) electrons. The molecule has 1 rings (SSSR count). The van der Waals surface area contributed by atoms with E-state index in [9.17, 15) is 13.2 Å². The van der Waals surface area contributed by atoms with Crippen molar-refractivity contribution < 1.29 is 22.1 Å². The maximum absolute atomic E-state index is 11.7. The zero-order chi connectivity index (χ0) is 17.0. The van der Waals surface area contributed by atoms with Crippen molar-refractivity contribution in [1.82, 2.24) is 0 Å². The van der Waals surface area contributed by atoms with Crippen LogP contribution >= 0.6 is 11.6 Å². The highest BCUT2D eigenvalue weighted by atomic mass is 35.5. The average Bonchev–Trinajstić information content (AvgIpc) is 2.30. The standard InChI is InChI=1S/C14H20ClNO5S/c1-14(2,3)21-13(17)16-11-7-5-6-10(12(11)15)8-9-20-22(4,18)19/h5-7H,8-9H2,1-4H3,(H,16,17). The Labute approximate surface area is 135 Å². The molecular weight excluding hydrogens is 330 g/mol. The molecule has 0 fully saturated rings. The molecule has 0 saturated heterocycles. The lowest BCUT2D eigenvalue weighted by atomic mass is 10.1. The normalized spacial score (nSPS) is 12.0. The minimum Gasteiger partial charge on any atom is -0.444 e. The zero-order valence-corrected chi connectivity index (χ0v) is 14.5. The summed E-state index contributed by atoms with van der Waals surface area (Å²) in [5.41, 5.74) is 0.448. The summed E-state index contributed by atoms with van der Waals surface area (Å²) in [7, 11) is -3.49. The number of rotatable bonds is 5. The second-order valence-corrected chi connectivity index (χ2v) is 7.70. The van der Waals surface area contributed by atoms with Crippen molar-refractivity contribution in [1.29, 1.82) is 0 Å². The molecule has 0 heterocycles. The molecule has 0 unspecified atom stereocenters. The zero-order valence-electron chi connectivity index (χ0n) is 13.0. The molecule has 1 aromatic rings. The van der Waals surface area contributed by atoms with Crippen LogP contribution in [0.25, 0.3) is 0 Å². The van der Waals surface area contributed by atoms with E-state index in [1.54, 1.807) is 39.0 Å². The number of amides is 1. The van der Waals surface area contributed by atoms with E-state index >= 15 is 0 Å². The molecule has 0 aliphatic heterocycles. The maximum Gasteiger partial charge on any atom is 0.412 e. The van der Waals surface area contributed by atoms with Crippen molar-refractivity contribution in [3.8, 4) is 0 Å². The van der Waals surface area contributed by atoms with Crippen molar-refractivity contribution in [2.45, 2.75) is 32.8 Å². The fourth-order valence-electron chi connectivity index (χ4n) is 1.59. The number of carbonyl (C=O) groups excluding carboxylic acids is 1. The molecule has 8 heteroatoms. The van der Waals surface area contributed by atoms with Gasteiger partial charge in [-0.3, -0.25) is 9.50 Å². The van der Waals surface area contributed by atoms with Gasteiger partial charge in [-0.2, -0.15) is 8.42 Å². The summed E-state index contributed by atoms with van der Waals surface area (Å²) in [6, 6.07) is 5.07. The molecule has 0 saturated carbocycles. The van der Waals surface area contributed by atoms with E-state index in [0.717, 1.165) is 6.26 Å². The monoisotopic (exact) mass is 349 g/mol. The molecule has 22 heavy (non-hydrogen) atoms. The quantitative estimate of drug-likeness (QED) is 0.825. The maximum atomic E-state index is 11.7. The van der Waals surface area contributed by atoms with E-state index in [-0.39, 0.29) is 6.61 Å². The van der Waals surface area contributed by atoms with Gasteiger partial charge in [0.05, 0.1) is 23.6 Å². The fourth-order valence-corrected chi connectivity index (χ4v) is 2.24. The molecule has 124 valence electrons. The molecule has 1 amide bonds. The van der Waals surface area contributed by atoms with Crippen molar-refractivity contribution >= 4 is 33.5 Å². The minimum atomic E-state index is -3.49. The SMILES string of the molecule is CC(C)(C)OC(=O)Nc1cccc(CCOS(C)(=O)=O)c1Cl.